The zero-order chi connectivity index (χ0) is 71.3. The number of aromatic nitrogens is 8. The summed E-state index contributed by atoms with van der Waals surface area (Å²) in [4.78, 5) is 23.9. The van der Waals surface area contributed by atoms with Crippen molar-refractivity contribution in [1.82, 2.24) is 37.9 Å². The standard InChI is InChI=1S/C100H54N8OS/c1-2-19-55(20-3-1)62-41-44-82-74(50-62)87-84(54-73-68-28-9-14-33-78(68)106-79-34-15-10-29-69(79)89(87)96(73)106)108(82)100-102-94(66-40-38-57-22-5-7-24-59(57)49-66)92-76-52-64(43-46-86(76)110-98(92)104-100)61-26-18-25-60(47-61)63-42-45-81-75(51-63)88-83(53-72-67-27-8-13-32-77(67)105-80-35-16-11-30-70(80)90(88)95(72)105)107(81)99-101-93(65-39-37-56-21-4-6-23-58(56)48-65)91-71-31-12-17-36-85(71)109-97(91)103-99/h1-54H. The first-order valence-corrected chi connectivity index (χ1v) is 38.2. The highest BCUT2D eigenvalue weighted by molar-refractivity contribution is 7.25. The zero-order valence-electron chi connectivity index (χ0n) is 58.6. The van der Waals surface area contributed by atoms with E-state index in [1.54, 1.807) is 11.3 Å². The second-order valence-electron chi connectivity index (χ2n) is 29.5. The molecule has 0 saturated carbocycles. The minimum absolute atomic E-state index is 0.536. The van der Waals surface area contributed by atoms with Crippen LogP contribution in [0.3, 0.4) is 0 Å². The van der Waals surface area contributed by atoms with Gasteiger partial charge in [0.15, 0.2) is 0 Å². The summed E-state index contributed by atoms with van der Waals surface area (Å²) in [6.45, 7) is 0. The van der Waals surface area contributed by atoms with Crippen molar-refractivity contribution >= 4 is 195 Å². The molecule has 9 nitrogen and oxygen atoms in total. The van der Waals surface area contributed by atoms with Gasteiger partial charge >= 0.3 is 0 Å². The number of furan rings is 1. The van der Waals surface area contributed by atoms with Gasteiger partial charge in [0.05, 0.1) is 71.9 Å². The van der Waals surface area contributed by atoms with Gasteiger partial charge in [-0.25, -0.2) is 15.0 Å². The third-order valence-electron chi connectivity index (χ3n) is 23.8. The SMILES string of the molecule is c1ccc(-c2ccc3c(c2)c2c4c5ccccc5n5c6ccccc6c(cc2n3-c2nc(-c3ccc6ccccc6c3)c3c(n2)sc2ccc(-c6cccc(-c7ccc8c(c7)c7c9c%10ccccc%10n%10c%11ccccc%11c(cc7n8-c7nc(-c8ccc%11ccccc%11c8)c8c(n7)oc7ccccc78)c9%10)c6)cc23)c45)cc1. The molecule has 10 aromatic heterocycles. The van der Waals surface area contributed by atoms with Crippen LogP contribution in [0.1, 0.15) is 0 Å². The number of hydrogen-bond donors (Lipinski definition) is 0. The van der Waals surface area contributed by atoms with Crippen LogP contribution < -0.4 is 0 Å². The molecule has 0 aliphatic carbocycles. The summed E-state index contributed by atoms with van der Waals surface area (Å²) >= 11 is 1.73. The van der Waals surface area contributed by atoms with Gasteiger partial charge < -0.3 is 13.2 Å². The molecule has 0 spiro atoms. The predicted molar refractivity (Wildman–Crippen MR) is 458 cm³/mol. The maximum atomic E-state index is 6.80. The average Bonchev–Trinajstić information content (AvgIpc) is 1.52. The first-order chi connectivity index (χ1) is 54.5. The molecule has 0 N–H and O–H groups in total. The molecular weight excluding hydrogens is 1360 g/mol. The molecular formula is C100H54N8OS. The Balaban J connectivity index is 0.683. The highest BCUT2D eigenvalue weighted by atomic mass is 32.1. The first-order valence-electron chi connectivity index (χ1n) is 37.4. The van der Waals surface area contributed by atoms with Gasteiger partial charge in [-0.2, -0.15) is 4.98 Å². The Kier molecular flexibility index (Phi) is 11.5. The highest BCUT2D eigenvalue weighted by Gasteiger charge is 2.30. The number of nitrogens with zero attached hydrogens (tertiary/aromatic N) is 8. The molecule has 16 aromatic carbocycles. The highest BCUT2D eigenvalue weighted by Crippen LogP contribution is 2.52. The second-order valence-corrected chi connectivity index (χ2v) is 30.6. The monoisotopic (exact) mass is 1410 g/mol. The summed E-state index contributed by atoms with van der Waals surface area (Å²) < 4.78 is 17.5. The lowest BCUT2D eigenvalue weighted by molar-refractivity contribution is 0.651. The van der Waals surface area contributed by atoms with E-state index in [1.807, 2.05) is 12.1 Å². The molecule has 26 aromatic rings. The molecule has 0 fully saturated rings. The summed E-state index contributed by atoms with van der Waals surface area (Å²) in [5, 5.41) is 22.9. The van der Waals surface area contributed by atoms with E-state index in [9.17, 15) is 0 Å². The number of fused-ring (bicyclic) bond motifs is 28. The lowest BCUT2D eigenvalue weighted by Gasteiger charge is -2.12. The van der Waals surface area contributed by atoms with Crippen molar-refractivity contribution in [2.75, 3.05) is 0 Å². The van der Waals surface area contributed by atoms with Crippen molar-refractivity contribution in [3.05, 3.63) is 328 Å². The van der Waals surface area contributed by atoms with Gasteiger partial charge in [0.25, 0.3) is 0 Å². The van der Waals surface area contributed by atoms with Crippen molar-refractivity contribution in [2.24, 2.45) is 0 Å². The number of benzene rings is 16. The Labute approximate surface area is 628 Å². The van der Waals surface area contributed by atoms with Gasteiger partial charge in [0, 0.05) is 96.6 Å². The summed E-state index contributed by atoms with van der Waals surface area (Å²) in [5.74, 6) is 1.16. The fourth-order valence-electron chi connectivity index (χ4n) is 19.1. The molecule has 0 unspecified atom stereocenters. The molecule has 506 valence electrons. The van der Waals surface area contributed by atoms with Crippen LogP contribution in [0.25, 0.3) is 252 Å². The first kappa shape index (κ1) is 58.7. The third-order valence-corrected chi connectivity index (χ3v) is 24.9. The lowest BCUT2D eigenvalue weighted by Crippen LogP contribution is -2.03. The molecule has 0 aliphatic heterocycles. The van der Waals surface area contributed by atoms with Crippen LogP contribution in [0, 0.1) is 0 Å². The number of hydrogen-bond acceptors (Lipinski definition) is 6. The lowest BCUT2D eigenvalue weighted by atomic mass is 9.96. The maximum Gasteiger partial charge on any atom is 0.238 e. The van der Waals surface area contributed by atoms with Gasteiger partial charge in [0.2, 0.25) is 17.6 Å². The van der Waals surface area contributed by atoms with Crippen LogP contribution >= 0.6 is 11.3 Å². The Morgan fingerprint density at radius 1 is 0.236 bits per heavy atom. The van der Waals surface area contributed by atoms with E-state index in [-0.39, 0.29) is 0 Å². The van der Waals surface area contributed by atoms with E-state index in [1.165, 1.54) is 97.9 Å². The molecule has 10 heteroatoms. The molecule has 0 radical (unpaired) electrons. The van der Waals surface area contributed by atoms with Crippen molar-refractivity contribution in [2.45, 2.75) is 0 Å². The van der Waals surface area contributed by atoms with E-state index in [0.29, 0.717) is 17.6 Å². The van der Waals surface area contributed by atoms with Crippen LogP contribution in [0.5, 0.6) is 0 Å². The van der Waals surface area contributed by atoms with E-state index in [2.05, 4.69) is 333 Å². The second kappa shape index (κ2) is 21.6. The Morgan fingerprint density at radius 3 is 1.25 bits per heavy atom. The molecule has 10 heterocycles. The molecule has 110 heavy (non-hydrogen) atoms. The predicted octanol–water partition coefficient (Wildman–Crippen LogP) is 26.7. The van der Waals surface area contributed by atoms with Crippen LogP contribution in [-0.4, -0.2) is 37.9 Å². The molecule has 0 saturated heterocycles. The average molecular weight is 1420 g/mol. The van der Waals surface area contributed by atoms with Crippen molar-refractivity contribution < 1.29 is 4.42 Å². The quantitative estimate of drug-likeness (QED) is 0.159. The van der Waals surface area contributed by atoms with Gasteiger partial charge in [0.1, 0.15) is 10.4 Å². The van der Waals surface area contributed by atoms with Gasteiger partial charge in [-0.3, -0.25) is 9.13 Å². The molecule has 0 amide bonds. The van der Waals surface area contributed by atoms with Crippen LogP contribution in [0.4, 0.5) is 0 Å². The Hall–Kier alpha value is -14.6. The smallest absolute Gasteiger partial charge is 0.238 e. The van der Waals surface area contributed by atoms with Crippen molar-refractivity contribution in [1.29, 1.82) is 0 Å². The summed E-state index contributed by atoms with van der Waals surface area (Å²) in [5.41, 5.74) is 23.0. The molecule has 0 bridgehead atoms. The van der Waals surface area contributed by atoms with Gasteiger partial charge in [-0.05, 0) is 152 Å². The number of thiophene rings is 1. The largest absolute Gasteiger partial charge is 0.437 e. The fraction of sp³-hybridized carbons (Fsp3) is 0. The zero-order valence-corrected chi connectivity index (χ0v) is 59.4. The van der Waals surface area contributed by atoms with Gasteiger partial charge in [-0.1, -0.05) is 231 Å². The normalized spacial score (nSPS) is 12.5. The number of rotatable bonds is 7. The van der Waals surface area contributed by atoms with E-state index < -0.39 is 0 Å². The van der Waals surface area contributed by atoms with Crippen LogP contribution in [0.15, 0.2) is 332 Å². The molecule has 0 atom stereocenters. The Bertz CT molecular complexity index is 8560. The fourth-order valence-corrected chi connectivity index (χ4v) is 20.1. The maximum absolute atomic E-state index is 6.80. The topological polar surface area (TPSA) is 83.4 Å². The van der Waals surface area contributed by atoms with E-state index >= 15 is 0 Å². The third kappa shape index (κ3) is 7.92. The van der Waals surface area contributed by atoms with Crippen molar-refractivity contribution in [3.8, 4) is 67.8 Å². The van der Waals surface area contributed by atoms with Crippen LogP contribution in [-0.2, 0) is 0 Å². The van der Waals surface area contributed by atoms with E-state index in [0.717, 1.165) is 136 Å². The molecule has 0 aliphatic rings. The van der Waals surface area contributed by atoms with E-state index in [4.69, 9.17) is 24.4 Å². The minimum atomic E-state index is 0.536. The summed E-state index contributed by atoms with van der Waals surface area (Å²) in [7, 11) is 0. The summed E-state index contributed by atoms with van der Waals surface area (Å²) in [6, 6.07) is 120. The minimum Gasteiger partial charge on any atom is -0.437 e. The van der Waals surface area contributed by atoms with Crippen LogP contribution in [0.2, 0.25) is 0 Å². The number of para-hydroxylation sites is 5. The van der Waals surface area contributed by atoms with Crippen molar-refractivity contribution in [3.63, 3.8) is 0 Å². The summed E-state index contributed by atoms with van der Waals surface area (Å²) in [6.07, 6.45) is 0. The molecule has 26 rings (SSSR count). The van der Waals surface area contributed by atoms with Gasteiger partial charge in [-0.15, -0.1) is 11.3 Å². The Morgan fingerprint density at radius 2 is 0.673 bits per heavy atom.